The van der Waals surface area contributed by atoms with E-state index >= 15 is 0 Å². The molecule has 0 aromatic heterocycles. The van der Waals surface area contributed by atoms with Crippen LogP contribution >= 0.6 is 24.8 Å². The van der Waals surface area contributed by atoms with Crippen LogP contribution in [0.4, 0.5) is 0 Å². The monoisotopic (exact) mass is 280 g/mol. The van der Waals surface area contributed by atoms with Crippen LogP contribution in [0, 0.1) is 11.3 Å². The largest absolute Gasteiger partial charge is 0.317 e. The number of piperidine rings is 2. The fourth-order valence-corrected chi connectivity index (χ4v) is 3.68. The van der Waals surface area contributed by atoms with Gasteiger partial charge in [0.1, 0.15) is 0 Å². The standard InChI is InChI=1S/C13H24N2.2ClH/c1-2-8-15(9-3-1)11-12-10-13(12)4-6-14-7-5-13;;/h12,14H,1-11H2;2*1H. The van der Waals surface area contributed by atoms with Gasteiger partial charge in [-0.2, -0.15) is 0 Å². The van der Waals surface area contributed by atoms with E-state index < -0.39 is 0 Å². The number of rotatable bonds is 2. The van der Waals surface area contributed by atoms with Gasteiger partial charge in [-0.15, -0.1) is 24.8 Å². The molecular formula is C13H26Cl2N2. The van der Waals surface area contributed by atoms with Crippen molar-refractivity contribution in [3.63, 3.8) is 0 Å². The van der Waals surface area contributed by atoms with Crippen LogP contribution in [0.5, 0.6) is 0 Å². The minimum Gasteiger partial charge on any atom is -0.317 e. The molecule has 1 N–H and O–H groups in total. The molecule has 2 saturated heterocycles. The zero-order valence-electron chi connectivity index (χ0n) is 10.6. The Morgan fingerprint density at radius 3 is 2.29 bits per heavy atom. The molecular weight excluding hydrogens is 255 g/mol. The molecule has 0 amide bonds. The van der Waals surface area contributed by atoms with Crippen molar-refractivity contribution in [3.05, 3.63) is 0 Å². The Balaban J connectivity index is 0.000000722. The molecule has 1 aliphatic carbocycles. The van der Waals surface area contributed by atoms with E-state index in [1.54, 1.807) is 0 Å². The van der Waals surface area contributed by atoms with E-state index in [0.29, 0.717) is 0 Å². The second-order valence-electron chi connectivity index (χ2n) is 5.87. The van der Waals surface area contributed by atoms with Crippen molar-refractivity contribution in [1.82, 2.24) is 10.2 Å². The summed E-state index contributed by atoms with van der Waals surface area (Å²) in [5.41, 5.74) is 0.794. The lowest BCUT2D eigenvalue weighted by Crippen LogP contribution is -2.35. The van der Waals surface area contributed by atoms with Gasteiger partial charge in [0.15, 0.2) is 0 Å². The van der Waals surface area contributed by atoms with Crippen molar-refractivity contribution >= 4 is 24.8 Å². The molecule has 4 heteroatoms. The normalized spacial score (nSPS) is 31.4. The maximum atomic E-state index is 3.49. The first-order valence-electron chi connectivity index (χ1n) is 6.82. The highest BCUT2D eigenvalue weighted by Crippen LogP contribution is 2.58. The Kier molecular flexibility index (Phi) is 6.04. The van der Waals surface area contributed by atoms with Crippen LogP contribution in [0.1, 0.15) is 38.5 Å². The van der Waals surface area contributed by atoms with Gasteiger partial charge < -0.3 is 10.2 Å². The third-order valence-electron chi connectivity index (χ3n) is 4.89. The van der Waals surface area contributed by atoms with Crippen LogP contribution in [-0.2, 0) is 0 Å². The summed E-state index contributed by atoms with van der Waals surface area (Å²) in [7, 11) is 0. The number of likely N-dealkylation sites (tertiary alicyclic amines) is 1. The van der Waals surface area contributed by atoms with Crippen LogP contribution in [0.2, 0.25) is 0 Å². The number of nitrogens with zero attached hydrogens (tertiary/aromatic N) is 1. The highest BCUT2D eigenvalue weighted by Gasteiger charge is 2.53. The summed E-state index contributed by atoms with van der Waals surface area (Å²) < 4.78 is 0. The first-order chi connectivity index (χ1) is 7.39. The molecule has 3 rings (SSSR count). The zero-order valence-corrected chi connectivity index (χ0v) is 12.3. The number of halogens is 2. The van der Waals surface area contributed by atoms with E-state index in [1.807, 2.05) is 0 Å². The van der Waals surface area contributed by atoms with Gasteiger partial charge in [0.2, 0.25) is 0 Å². The summed E-state index contributed by atoms with van der Waals surface area (Å²) >= 11 is 0. The third kappa shape index (κ3) is 3.50. The van der Waals surface area contributed by atoms with Crippen molar-refractivity contribution in [2.24, 2.45) is 11.3 Å². The minimum atomic E-state index is 0. The van der Waals surface area contributed by atoms with Gasteiger partial charge >= 0.3 is 0 Å². The van der Waals surface area contributed by atoms with Crippen molar-refractivity contribution < 1.29 is 0 Å². The molecule has 1 atom stereocenters. The van der Waals surface area contributed by atoms with E-state index in [2.05, 4.69) is 10.2 Å². The van der Waals surface area contributed by atoms with Crippen LogP contribution < -0.4 is 5.32 Å². The maximum absolute atomic E-state index is 3.49. The van der Waals surface area contributed by atoms with Gasteiger partial charge in [0, 0.05) is 6.54 Å². The van der Waals surface area contributed by atoms with E-state index in [1.165, 1.54) is 71.2 Å². The predicted molar refractivity (Wildman–Crippen MR) is 77.4 cm³/mol. The number of hydrogen-bond donors (Lipinski definition) is 1. The molecule has 102 valence electrons. The highest BCUT2D eigenvalue weighted by molar-refractivity contribution is 5.85. The lowest BCUT2D eigenvalue weighted by Gasteiger charge is -2.29. The molecule has 0 aromatic rings. The second kappa shape index (κ2) is 6.60. The second-order valence-corrected chi connectivity index (χ2v) is 5.87. The quantitative estimate of drug-likeness (QED) is 0.837. The van der Waals surface area contributed by atoms with Crippen molar-refractivity contribution in [3.8, 4) is 0 Å². The minimum absolute atomic E-state index is 0. The maximum Gasteiger partial charge on any atom is 0.00152 e. The molecule has 3 aliphatic rings. The molecule has 1 saturated carbocycles. The fraction of sp³-hybridized carbons (Fsp3) is 1.00. The zero-order chi connectivity index (χ0) is 10.1. The average molecular weight is 281 g/mol. The number of nitrogens with one attached hydrogen (secondary N) is 1. The molecule has 0 radical (unpaired) electrons. The van der Waals surface area contributed by atoms with Gasteiger partial charge in [-0.05, 0) is 69.6 Å². The fourth-order valence-electron chi connectivity index (χ4n) is 3.68. The SMILES string of the molecule is C1CCN(CC2CC23CCNCC3)CC1.Cl.Cl. The Morgan fingerprint density at radius 2 is 1.65 bits per heavy atom. The smallest absolute Gasteiger partial charge is 0.00152 e. The van der Waals surface area contributed by atoms with Crippen LogP contribution in [-0.4, -0.2) is 37.6 Å². The van der Waals surface area contributed by atoms with Crippen LogP contribution in [0.3, 0.4) is 0 Å². The van der Waals surface area contributed by atoms with E-state index in [-0.39, 0.29) is 24.8 Å². The topological polar surface area (TPSA) is 15.3 Å². The van der Waals surface area contributed by atoms with E-state index in [4.69, 9.17) is 0 Å². The summed E-state index contributed by atoms with van der Waals surface area (Å²) in [5.74, 6) is 1.05. The van der Waals surface area contributed by atoms with Gasteiger partial charge in [-0.25, -0.2) is 0 Å². The molecule has 1 unspecified atom stereocenters. The summed E-state index contributed by atoms with van der Waals surface area (Å²) in [5, 5.41) is 3.49. The van der Waals surface area contributed by atoms with Crippen molar-refractivity contribution in [2.75, 3.05) is 32.7 Å². The first kappa shape index (κ1) is 15.6. The van der Waals surface area contributed by atoms with E-state index in [9.17, 15) is 0 Å². The molecule has 0 bridgehead atoms. The molecule has 2 nitrogen and oxygen atoms in total. The Bertz CT molecular complexity index is 223. The molecule has 2 heterocycles. The summed E-state index contributed by atoms with van der Waals surface area (Å²) in [4.78, 5) is 2.73. The van der Waals surface area contributed by atoms with Gasteiger partial charge in [0.25, 0.3) is 0 Å². The van der Waals surface area contributed by atoms with Gasteiger partial charge in [-0.3, -0.25) is 0 Å². The van der Waals surface area contributed by atoms with Gasteiger partial charge in [0.05, 0.1) is 0 Å². The lowest BCUT2D eigenvalue weighted by molar-refractivity contribution is 0.198. The lowest BCUT2D eigenvalue weighted by atomic mass is 9.91. The molecule has 17 heavy (non-hydrogen) atoms. The average Bonchev–Trinajstić information content (AvgIpc) is 2.93. The van der Waals surface area contributed by atoms with Crippen molar-refractivity contribution in [1.29, 1.82) is 0 Å². The Morgan fingerprint density at radius 1 is 1.00 bits per heavy atom. The van der Waals surface area contributed by atoms with Crippen LogP contribution in [0.25, 0.3) is 0 Å². The Hall–Kier alpha value is 0.500. The first-order valence-corrected chi connectivity index (χ1v) is 6.82. The number of hydrogen-bond acceptors (Lipinski definition) is 2. The molecule has 3 fully saturated rings. The molecule has 1 spiro atoms. The van der Waals surface area contributed by atoms with E-state index in [0.717, 1.165) is 11.3 Å². The molecule has 2 aliphatic heterocycles. The Labute approximate surface area is 118 Å². The summed E-state index contributed by atoms with van der Waals surface area (Å²) in [6.07, 6.45) is 8.79. The van der Waals surface area contributed by atoms with Gasteiger partial charge in [-0.1, -0.05) is 6.42 Å². The third-order valence-corrected chi connectivity index (χ3v) is 4.89. The van der Waals surface area contributed by atoms with Crippen LogP contribution in [0.15, 0.2) is 0 Å². The summed E-state index contributed by atoms with van der Waals surface area (Å²) in [6.45, 7) is 6.72. The highest BCUT2D eigenvalue weighted by atomic mass is 35.5. The summed E-state index contributed by atoms with van der Waals surface area (Å²) in [6, 6.07) is 0. The molecule has 0 aromatic carbocycles. The van der Waals surface area contributed by atoms with Crippen molar-refractivity contribution in [2.45, 2.75) is 38.5 Å². The predicted octanol–water partition coefficient (Wildman–Crippen LogP) is 2.71.